The number of Topliss-reactive ketones (excluding diaryl/α,β-unsaturated/α-hetero) is 1. The molecule has 35 heavy (non-hydrogen) atoms. The van der Waals surface area contributed by atoms with Crippen molar-refractivity contribution < 1.29 is 4.79 Å². The number of anilines is 1. The summed E-state index contributed by atoms with van der Waals surface area (Å²) >= 11 is 0. The number of hydrogen-bond donors (Lipinski definition) is 0. The maximum Gasteiger partial charge on any atom is 0.228 e. The van der Waals surface area contributed by atoms with Gasteiger partial charge in [-0.1, -0.05) is 33.1 Å². The Morgan fingerprint density at radius 3 is 2.20 bits per heavy atom. The molecule has 2 atom stereocenters. The van der Waals surface area contributed by atoms with E-state index in [0.29, 0.717) is 29.7 Å². The van der Waals surface area contributed by atoms with Crippen molar-refractivity contribution in [1.29, 1.82) is 0 Å². The summed E-state index contributed by atoms with van der Waals surface area (Å²) in [5, 5.41) is 0. The molecule has 196 valence electrons. The Kier molecular flexibility index (Phi) is 9.57. The SMILES string of the molecule is CC(C)C(=O)C1CCCCC1.CC(C)N1CC2CCP(C1)N2c1ncc(C2CCN(C)CC2)cn1. The summed E-state index contributed by atoms with van der Waals surface area (Å²) in [6, 6.07) is 1.28. The van der Waals surface area contributed by atoms with Gasteiger partial charge in [0.2, 0.25) is 5.95 Å². The van der Waals surface area contributed by atoms with Crippen LogP contribution < -0.4 is 4.67 Å². The van der Waals surface area contributed by atoms with Crippen LogP contribution in [0.5, 0.6) is 0 Å². The summed E-state index contributed by atoms with van der Waals surface area (Å²) in [6.45, 7) is 12.2. The van der Waals surface area contributed by atoms with Crippen molar-refractivity contribution >= 4 is 19.8 Å². The molecule has 5 rings (SSSR count). The molecule has 4 aliphatic rings. The lowest BCUT2D eigenvalue weighted by Crippen LogP contribution is -2.47. The minimum absolute atomic E-state index is 0.109. The minimum Gasteiger partial charge on any atom is -0.314 e. The highest BCUT2D eigenvalue weighted by Crippen LogP contribution is 2.54. The predicted octanol–water partition coefficient (Wildman–Crippen LogP) is 5.73. The van der Waals surface area contributed by atoms with E-state index in [1.807, 2.05) is 13.8 Å². The van der Waals surface area contributed by atoms with Gasteiger partial charge in [-0.15, -0.1) is 0 Å². The number of piperidine rings is 1. The number of likely N-dealkylation sites (tertiary alicyclic amines) is 1. The number of aromatic nitrogens is 2. The maximum absolute atomic E-state index is 11.5. The normalized spacial score (nSPS) is 26.8. The Morgan fingerprint density at radius 1 is 0.971 bits per heavy atom. The van der Waals surface area contributed by atoms with Gasteiger partial charge in [0, 0.05) is 57.2 Å². The van der Waals surface area contributed by atoms with E-state index < -0.39 is 0 Å². The highest BCUT2D eigenvalue weighted by molar-refractivity contribution is 7.59. The second-order valence-electron chi connectivity index (χ2n) is 11.8. The number of carbonyl (C=O) groups excluding carboxylic acids is 1. The first kappa shape index (κ1) is 26.9. The molecule has 7 heteroatoms. The van der Waals surface area contributed by atoms with Crippen LogP contribution >= 0.6 is 8.07 Å². The smallest absolute Gasteiger partial charge is 0.228 e. The van der Waals surface area contributed by atoms with Gasteiger partial charge < -0.3 is 9.57 Å². The molecule has 0 N–H and O–H groups in total. The largest absolute Gasteiger partial charge is 0.314 e. The quantitative estimate of drug-likeness (QED) is 0.480. The molecule has 0 spiro atoms. The predicted molar refractivity (Wildman–Crippen MR) is 147 cm³/mol. The monoisotopic (exact) mass is 501 g/mol. The molecular weight excluding hydrogens is 453 g/mol. The highest BCUT2D eigenvalue weighted by Gasteiger charge is 2.41. The topological polar surface area (TPSA) is 52.6 Å². The third kappa shape index (κ3) is 6.81. The molecule has 2 bridgehead atoms. The lowest BCUT2D eigenvalue weighted by Gasteiger charge is -2.42. The zero-order valence-corrected chi connectivity index (χ0v) is 23.7. The minimum atomic E-state index is -0.109. The molecular formula is C28H48N5OP. The van der Waals surface area contributed by atoms with Crippen LogP contribution in [0.25, 0.3) is 0 Å². The average molecular weight is 502 g/mol. The summed E-state index contributed by atoms with van der Waals surface area (Å²) in [6.07, 6.45) is 16.8. The molecule has 0 amide bonds. The molecule has 1 aliphatic carbocycles. The fraction of sp³-hybridized carbons (Fsp3) is 0.821. The van der Waals surface area contributed by atoms with Crippen LogP contribution in [-0.2, 0) is 4.79 Å². The number of nitrogens with zero attached hydrogens (tertiary/aromatic N) is 5. The molecule has 3 aliphatic heterocycles. The molecule has 1 saturated carbocycles. The summed E-state index contributed by atoms with van der Waals surface area (Å²) in [7, 11) is 2.10. The Morgan fingerprint density at radius 2 is 1.63 bits per heavy atom. The van der Waals surface area contributed by atoms with E-state index in [1.165, 1.54) is 76.2 Å². The maximum atomic E-state index is 11.5. The highest BCUT2D eigenvalue weighted by atomic mass is 31.1. The van der Waals surface area contributed by atoms with E-state index in [-0.39, 0.29) is 14.0 Å². The van der Waals surface area contributed by atoms with Crippen molar-refractivity contribution in [2.24, 2.45) is 11.8 Å². The van der Waals surface area contributed by atoms with E-state index in [1.54, 1.807) is 0 Å². The second kappa shape index (κ2) is 12.4. The molecule has 1 aromatic rings. The van der Waals surface area contributed by atoms with Crippen molar-refractivity contribution in [2.45, 2.75) is 97.1 Å². The summed E-state index contributed by atoms with van der Waals surface area (Å²) in [5.41, 5.74) is 1.34. The average Bonchev–Trinajstić information content (AvgIpc) is 3.13. The number of rotatable bonds is 5. The standard InChI is InChI=1S/C18H30N5P.C10H18O/c1-14(2)22-12-17-6-9-24(13-22)23(17)18-19-10-16(11-20-18)15-4-7-21(3)8-5-15;1-8(2)10(11)9-6-4-3-5-7-9/h10-11,14-15,17H,4-9,12-13H2,1-3H3;8-9H,3-7H2,1-2H3. The molecule has 1 aromatic heterocycles. The van der Waals surface area contributed by atoms with Gasteiger partial charge in [0.15, 0.2) is 0 Å². The Balaban J connectivity index is 0.000000221. The van der Waals surface area contributed by atoms with Crippen LogP contribution in [-0.4, -0.2) is 76.8 Å². The van der Waals surface area contributed by atoms with Gasteiger partial charge in [-0.05, 0) is 83.7 Å². The van der Waals surface area contributed by atoms with Gasteiger partial charge in [0.25, 0.3) is 0 Å². The van der Waals surface area contributed by atoms with Crippen LogP contribution in [0.1, 0.15) is 90.5 Å². The first-order valence-electron chi connectivity index (χ1n) is 14.2. The third-order valence-electron chi connectivity index (χ3n) is 8.52. The summed E-state index contributed by atoms with van der Waals surface area (Å²) < 4.78 is 2.58. The van der Waals surface area contributed by atoms with Gasteiger partial charge >= 0.3 is 0 Å². The fourth-order valence-corrected chi connectivity index (χ4v) is 9.09. The van der Waals surface area contributed by atoms with E-state index >= 15 is 0 Å². The van der Waals surface area contributed by atoms with E-state index in [0.717, 1.165) is 18.8 Å². The zero-order chi connectivity index (χ0) is 24.9. The molecule has 6 nitrogen and oxygen atoms in total. The number of hydrogen-bond acceptors (Lipinski definition) is 6. The molecule has 2 unspecified atom stereocenters. The second-order valence-corrected chi connectivity index (χ2v) is 14.0. The van der Waals surface area contributed by atoms with Crippen molar-refractivity contribution in [3.63, 3.8) is 0 Å². The number of carbonyl (C=O) groups is 1. The fourth-order valence-electron chi connectivity index (χ4n) is 6.13. The first-order valence-corrected chi connectivity index (χ1v) is 15.8. The number of ketones is 1. The van der Waals surface area contributed by atoms with Gasteiger partial charge in [0.05, 0.1) is 0 Å². The lowest BCUT2D eigenvalue weighted by molar-refractivity contribution is -0.126. The summed E-state index contributed by atoms with van der Waals surface area (Å²) in [5.74, 6) is 2.78. The lowest BCUT2D eigenvalue weighted by atomic mass is 9.83. The first-order chi connectivity index (χ1) is 16.8. The Bertz CT molecular complexity index is 788. The molecule has 0 radical (unpaired) electrons. The van der Waals surface area contributed by atoms with Crippen molar-refractivity contribution in [2.75, 3.05) is 43.8 Å². The zero-order valence-electron chi connectivity index (χ0n) is 22.8. The third-order valence-corrected chi connectivity index (χ3v) is 11.1. The van der Waals surface area contributed by atoms with Crippen LogP contribution in [0.15, 0.2) is 12.4 Å². The van der Waals surface area contributed by atoms with Gasteiger partial charge in [0.1, 0.15) is 5.78 Å². The van der Waals surface area contributed by atoms with Gasteiger partial charge in [-0.3, -0.25) is 9.69 Å². The van der Waals surface area contributed by atoms with E-state index in [9.17, 15) is 4.79 Å². The molecule has 4 heterocycles. The van der Waals surface area contributed by atoms with Crippen LogP contribution in [0.4, 0.5) is 5.95 Å². The Hall–Kier alpha value is -1.10. The van der Waals surface area contributed by atoms with E-state index in [2.05, 4.69) is 47.8 Å². The summed E-state index contributed by atoms with van der Waals surface area (Å²) in [4.78, 5) is 26.2. The molecule has 0 aromatic carbocycles. The van der Waals surface area contributed by atoms with Crippen LogP contribution in [0.3, 0.4) is 0 Å². The number of fused-ring (bicyclic) bond motifs is 2. The Labute approximate surface area is 215 Å². The van der Waals surface area contributed by atoms with Crippen molar-refractivity contribution in [3.8, 4) is 0 Å². The van der Waals surface area contributed by atoms with E-state index in [4.69, 9.17) is 9.97 Å². The van der Waals surface area contributed by atoms with Gasteiger partial charge in [-0.2, -0.15) is 0 Å². The van der Waals surface area contributed by atoms with Crippen LogP contribution in [0.2, 0.25) is 0 Å². The van der Waals surface area contributed by atoms with Crippen LogP contribution in [0, 0.1) is 11.8 Å². The van der Waals surface area contributed by atoms with Crippen molar-refractivity contribution in [3.05, 3.63) is 18.0 Å². The van der Waals surface area contributed by atoms with Gasteiger partial charge in [-0.25, -0.2) is 9.97 Å². The molecule has 4 fully saturated rings. The van der Waals surface area contributed by atoms with Crippen molar-refractivity contribution in [1.82, 2.24) is 19.8 Å². The molecule has 3 saturated heterocycles.